The van der Waals surface area contributed by atoms with Crippen LogP contribution in [0.3, 0.4) is 0 Å². The van der Waals surface area contributed by atoms with E-state index in [1.807, 2.05) is 13.8 Å². The van der Waals surface area contributed by atoms with E-state index in [1.165, 1.54) is 0 Å². The minimum absolute atomic E-state index is 0.0557. The van der Waals surface area contributed by atoms with Crippen LogP contribution in [0.15, 0.2) is 18.2 Å². The monoisotopic (exact) mass is 236 g/mol. The van der Waals surface area contributed by atoms with E-state index >= 15 is 0 Å². The number of hydrogen-bond acceptors (Lipinski definition) is 3. The number of phenols is 1. The number of aryl methyl sites for hydroxylation is 1. The normalized spacial score (nSPS) is 10.6. The quantitative estimate of drug-likeness (QED) is 0.832. The number of carbonyl (C=O) groups is 1. The predicted octanol–water partition coefficient (Wildman–Crippen LogP) is 1.51. The smallest absolute Gasteiger partial charge is 0.257 e. The first kappa shape index (κ1) is 13.5. The Labute approximate surface area is 102 Å². The maximum absolute atomic E-state index is 12.3. The topological polar surface area (TPSA) is 66.6 Å². The van der Waals surface area contributed by atoms with Crippen LogP contribution >= 0.6 is 0 Å². The van der Waals surface area contributed by atoms with E-state index in [9.17, 15) is 9.90 Å². The molecule has 1 rings (SSSR count). The maximum atomic E-state index is 12.3. The Balaban J connectivity index is 3.05. The number of aromatic hydroxyl groups is 1. The SMILES string of the molecule is Cc1cccc(C(=O)N(CCN)C(C)C)c1O. The second-order valence-corrected chi connectivity index (χ2v) is 4.35. The van der Waals surface area contributed by atoms with Crippen LogP contribution in [0.4, 0.5) is 0 Å². The van der Waals surface area contributed by atoms with Crippen LogP contribution in [-0.4, -0.2) is 35.0 Å². The van der Waals surface area contributed by atoms with Crippen molar-refractivity contribution in [3.8, 4) is 5.75 Å². The molecule has 0 saturated carbocycles. The first-order valence-electron chi connectivity index (χ1n) is 5.78. The Morgan fingerprint density at radius 3 is 2.65 bits per heavy atom. The molecule has 0 heterocycles. The van der Waals surface area contributed by atoms with Crippen molar-refractivity contribution in [2.24, 2.45) is 5.73 Å². The first-order valence-corrected chi connectivity index (χ1v) is 5.78. The van der Waals surface area contributed by atoms with E-state index in [4.69, 9.17) is 5.73 Å². The van der Waals surface area contributed by atoms with E-state index < -0.39 is 0 Å². The molecular formula is C13H20N2O2. The van der Waals surface area contributed by atoms with Gasteiger partial charge in [0.15, 0.2) is 0 Å². The van der Waals surface area contributed by atoms with Gasteiger partial charge >= 0.3 is 0 Å². The lowest BCUT2D eigenvalue weighted by atomic mass is 10.1. The van der Waals surface area contributed by atoms with Gasteiger partial charge in [0.25, 0.3) is 5.91 Å². The zero-order valence-electron chi connectivity index (χ0n) is 10.6. The summed E-state index contributed by atoms with van der Waals surface area (Å²) in [5.41, 5.74) is 6.54. The van der Waals surface area contributed by atoms with E-state index in [1.54, 1.807) is 30.0 Å². The lowest BCUT2D eigenvalue weighted by Crippen LogP contribution is -2.40. The molecule has 1 aromatic rings. The Bertz CT molecular complexity index is 402. The van der Waals surface area contributed by atoms with Gasteiger partial charge in [-0.15, -0.1) is 0 Å². The van der Waals surface area contributed by atoms with Gasteiger partial charge in [0.2, 0.25) is 0 Å². The standard InChI is InChI=1S/C13H20N2O2/c1-9(2)15(8-7-14)13(17)11-6-4-5-10(3)12(11)16/h4-6,9,16H,7-8,14H2,1-3H3. The summed E-state index contributed by atoms with van der Waals surface area (Å²) in [6, 6.07) is 5.24. The summed E-state index contributed by atoms with van der Waals surface area (Å²) in [6.07, 6.45) is 0. The molecule has 3 N–H and O–H groups in total. The van der Waals surface area contributed by atoms with Crippen LogP contribution in [0.25, 0.3) is 0 Å². The molecule has 0 aliphatic heterocycles. The van der Waals surface area contributed by atoms with Gasteiger partial charge in [-0.2, -0.15) is 0 Å². The molecule has 0 aliphatic rings. The number of nitrogens with two attached hydrogens (primary N) is 1. The van der Waals surface area contributed by atoms with Crippen molar-refractivity contribution < 1.29 is 9.90 Å². The molecule has 4 nitrogen and oxygen atoms in total. The number of hydrogen-bond donors (Lipinski definition) is 2. The predicted molar refractivity (Wildman–Crippen MR) is 68.1 cm³/mol. The zero-order valence-corrected chi connectivity index (χ0v) is 10.6. The Hall–Kier alpha value is -1.55. The Morgan fingerprint density at radius 1 is 1.47 bits per heavy atom. The van der Waals surface area contributed by atoms with Gasteiger partial charge in [-0.3, -0.25) is 4.79 Å². The highest BCUT2D eigenvalue weighted by Gasteiger charge is 2.21. The van der Waals surface area contributed by atoms with Crippen molar-refractivity contribution in [1.29, 1.82) is 0 Å². The van der Waals surface area contributed by atoms with Crippen molar-refractivity contribution in [1.82, 2.24) is 4.90 Å². The molecule has 0 spiro atoms. The lowest BCUT2D eigenvalue weighted by Gasteiger charge is -2.26. The molecule has 0 aromatic heterocycles. The Kier molecular flexibility index (Phi) is 4.52. The zero-order chi connectivity index (χ0) is 13.0. The second kappa shape index (κ2) is 5.68. The first-order chi connectivity index (χ1) is 7.99. The van der Waals surface area contributed by atoms with E-state index in [2.05, 4.69) is 0 Å². The molecule has 0 saturated heterocycles. The summed E-state index contributed by atoms with van der Waals surface area (Å²) in [5.74, 6) is -0.119. The molecule has 0 bridgehead atoms. The number of rotatable bonds is 4. The molecule has 0 atom stereocenters. The summed E-state index contributed by atoms with van der Waals surface area (Å²) in [5, 5.41) is 9.89. The minimum Gasteiger partial charge on any atom is -0.507 e. The van der Waals surface area contributed by atoms with Gasteiger partial charge in [-0.25, -0.2) is 0 Å². The van der Waals surface area contributed by atoms with Crippen LogP contribution in [0.1, 0.15) is 29.8 Å². The molecule has 17 heavy (non-hydrogen) atoms. The minimum atomic E-state index is -0.174. The molecule has 94 valence electrons. The van der Waals surface area contributed by atoms with Crippen molar-refractivity contribution in [2.75, 3.05) is 13.1 Å². The largest absolute Gasteiger partial charge is 0.507 e. The number of nitrogens with zero attached hydrogens (tertiary/aromatic N) is 1. The average molecular weight is 236 g/mol. The highest BCUT2D eigenvalue weighted by atomic mass is 16.3. The summed E-state index contributed by atoms with van der Waals surface area (Å²) in [7, 11) is 0. The molecular weight excluding hydrogens is 216 g/mol. The fraction of sp³-hybridized carbons (Fsp3) is 0.462. The number of carbonyl (C=O) groups excluding carboxylic acids is 1. The summed E-state index contributed by atoms with van der Waals surface area (Å²) in [6.45, 7) is 6.54. The van der Waals surface area contributed by atoms with Gasteiger partial charge < -0.3 is 15.7 Å². The lowest BCUT2D eigenvalue weighted by molar-refractivity contribution is 0.0708. The molecule has 0 fully saturated rings. The molecule has 1 aromatic carbocycles. The Morgan fingerprint density at radius 2 is 2.12 bits per heavy atom. The third-order valence-electron chi connectivity index (χ3n) is 2.72. The summed E-state index contributed by atoms with van der Waals surface area (Å²) in [4.78, 5) is 13.9. The molecule has 1 amide bonds. The van der Waals surface area contributed by atoms with Crippen LogP contribution in [0.2, 0.25) is 0 Å². The van der Waals surface area contributed by atoms with Gasteiger partial charge in [0, 0.05) is 19.1 Å². The van der Waals surface area contributed by atoms with Gasteiger partial charge in [-0.1, -0.05) is 12.1 Å². The highest BCUT2D eigenvalue weighted by molar-refractivity contribution is 5.97. The highest BCUT2D eigenvalue weighted by Crippen LogP contribution is 2.23. The third kappa shape index (κ3) is 2.97. The van der Waals surface area contributed by atoms with Crippen molar-refractivity contribution in [3.63, 3.8) is 0 Å². The van der Waals surface area contributed by atoms with Gasteiger partial charge in [0.05, 0.1) is 5.56 Å². The van der Waals surface area contributed by atoms with Crippen molar-refractivity contribution in [2.45, 2.75) is 26.8 Å². The third-order valence-corrected chi connectivity index (χ3v) is 2.72. The van der Waals surface area contributed by atoms with Crippen molar-refractivity contribution >= 4 is 5.91 Å². The average Bonchev–Trinajstić information content (AvgIpc) is 2.28. The molecule has 0 aliphatic carbocycles. The fourth-order valence-corrected chi connectivity index (χ4v) is 1.72. The number of para-hydroxylation sites is 1. The second-order valence-electron chi connectivity index (χ2n) is 4.35. The van der Waals surface area contributed by atoms with Crippen LogP contribution in [0, 0.1) is 6.92 Å². The van der Waals surface area contributed by atoms with E-state index in [0.717, 1.165) is 0 Å². The number of phenolic OH excluding ortho intramolecular Hbond substituents is 1. The van der Waals surface area contributed by atoms with Crippen LogP contribution < -0.4 is 5.73 Å². The van der Waals surface area contributed by atoms with Gasteiger partial charge in [0.1, 0.15) is 5.75 Å². The maximum Gasteiger partial charge on any atom is 0.257 e. The molecule has 0 unspecified atom stereocenters. The molecule has 0 radical (unpaired) electrons. The van der Waals surface area contributed by atoms with E-state index in [-0.39, 0.29) is 17.7 Å². The van der Waals surface area contributed by atoms with Crippen LogP contribution in [0.5, 0.6) is 5.75 Å². The van der Waals surface area contributed by atoms with Gasteiger partial charge in [-0.05, 0) is 32.4 Å². The van der Waals surface area contributed by atoms with E-state index in [0.29, 0.717) is 24.2 Å². The van der Waals surface area contributed by atoms with Crippen molar-refractivity contribution in [3.05, 3.63) is 29.3 Å². The number of benzene rings is 1. The molecule has 4 heteroatoms. The van der Waals surface area contributed by atoms with Crippen LogP contribution in [-0.2, 0) is 0 Å². The summed E-state index contributed by atoms with van der Waals surface area (Å²) < 4.78 is 0. The fourth-order valence-electron chi connectivity index (χ4n) is 1.72. The summed E-state index contributed by atoms with van der Waals surface area (Å²) >= 11 is 0. The number of amides is 1.